The van der Waals surface area contributed by atoms with Gasteiger partial charge in [0.1, 0.15) is 0 Å². The molecule has 0 saturated carbocycles. The quantitative estimate of drug-likeness (QED) is 0.842. The average molecular weight is 295 g/mol. The number of hydrogen-bond acceptors (Lipinski definition) is 3. The fourth-order valence-electron chi connectivity index (χ4n) is 3.57. The Bertz CT molecular complexity index is 329. The minimum atomic E-state index is -0.0780. The first-order valence-electron chi connectivity index (χ1n) is 8.80. The summed E-state index contributed by atoms with van der Waals surface area (Å²) in [5.41, 5.74) is -0.0780. The Balaban J connectivity index is 1.84. The summed E-state index contributed by atoms with van der Waals surface area (Å²) in [5, 5.41) is 3.39. The molecule has 2 aliphatic rings. The lowest BCUT2D eigenvalue weighted by atomic mass is 9.75. The van der Waals surface area contributed by atoms with Gasteiger partial charge in [-0.1, -0.05) is 20.8 Å². The zero-order chi connectivity index (χ0) is 15.3. The van der Waals surface area contributed by atoms with E-state index in [2.05, 4.69) is 35.9 Å². The van der Waals surface area contributed by atoms with Crippen molar-refractivity contribution in [3.8, 4) is 0 Å². The van der Waals surface area contributed by atoms with Crippen LogP contribution >= 0.6 is 0 Å². The lowest BCUT2D eigenvalue weighted by molar-refractivity contribution is -0.146. The predicted molar refractivity (Wildman–Crippen MR) is 87.3 cm³/mol. The SMILES string of the molecule is CCC1(C(=O)N2CCN(CCC(C)C)CC2)CCNCC1. The van der Waals surface area contributed by atoms with Crippen molar-refractivity contribution in [1.82, 2.24) is 15.1 Å². The van der Waals surface area contributed by atoms with Crippen LogP contribution in [0.4, 0.5) is 0 Å². The number of piperazine rings is 1. The number of carbonyl (C=O) groups excluding carboxylic acids is 1. The van der Waals surface area contributed by atoms with Gasteiger partial charge in [-0.25, -0.2) is 0 Å². The molecule has 0 unspecified atom stereocenters. The van der Waals surface area contributed by atoms with Crippen LogP contribution in [-0.2, 0) is 4.79 Å². The maximum atomic E-state index is 13.0. The van der Waals surface area contributed by atoms with Gasteiger partial charge in [-0.05, 0) is 51.2 Å². The molecule has 21 heavy (non-hydrogen) atoms. The van der Waals surface area contributed by atoms with Crippen LogP contribution in [0.25, 0.3) is 0 Å². The number of piperidine rings is 1. The molecule has 0 aromatic heterocycles. The molecule has 0 radical (unpaired) electrons. The molecule has 4 heteroatoms. The van der Waals surface area contributed by atoms with Crippen molar-refractivity contribution in [1.29, 1.82) is 0 Å². The van der Waals surface area contributed by atoms with Crippen molar-refractivity contribution in [2.45, 2.75) is 46.5 Å². The van der Waals surface area contributed by atoms with Crippen LogP contribution in [0.2, 0.25) is 0 Å². The summed E-state index contributed by atoms with van der Waals surface area (Å²) in [6, 6.07) is 0. The van der Waals surface area contributed by atoms with E-state index in [1.54, 1.807) is 0 Å². The monoisotopic (exact) mass is 295 g/mol. The van der Waals surface area contributed by atoms with Crippen molar-refractivity contribution in [3.63, 3.8) is 0 Å². The average Bonchev–Trinajstić information content (AvgIpc) is 2.53. The minimum Gasteiger partial charge on any atom is -0.340 e. The molecule has 2 fully saturated rings. The van der Waals surface area contributed by atoms with Gasteiger partial charge in [0.2, 0.25) is 5.91 Å². The molecule has 0 spiro atoms. The van der Waals surface area contributed by atoms with Gasteiger partial charge in [0.25, 0.3) is 0 Å². The molecular weight excluding hydrogens is 262 g/mol. The third-order valence-electron chi connectivity index (χ3n) is 5.37. The lowest BCUT2D eigenvalue weighted by Crippen LogP contribution is -2.55. The van der Waals surface area contributed by atoms with E-state index >= 15 is 0 Å². The van der Waals surface area contributed by atoms with Gasteiger partial charge in [0.05, 0.1) is 5.41 Å². The summed E-state index contributed by atoms with van der Waals surface area (Å²) < 4.78 is 0. The Morgan fingerprint density at radius 3 is 2.29 bits per heavy atom. The van der Waals surface area contributed by atoms with Crippen LogP contribution in [-0.4, -0.2) is 61.5 Å². The third kappa shape index (κ3) is 4.19. The highest BCUT2D eigenvalue weighted by Gasteiger charge is 2.40. The Morgan fingerprint density at radius 1 is 1.14 bits per heavy atom. The smallest absolute Gasteiger partial charge is 0.228 e. The van der Waals surface area contributed by atoms with Crippen LogP contribution in [0.3, 0.4) is 0 Å². The molecule has 2 saturated heterocycles. The van der Waals surface area contributed by atoms with Crippen molar-refractivity contribution >= 4 is 5.91 Å². The number of hydrogen-bond donors (Lipinski definition) is 1. The minimum absolute atomic E-state index is 0.0780. The molecule has 0 atom stereocenters. The number of amides is 1. The van der Waals surface area contributed by atoms with Gasteiger partial charge in [-0.15, -0.1) is 0 Å². The first kappa shape index (κ1) is 16.8. The Morgan fingerprint density at radius 2 is 1.76 bits per heavy atom. The topological polar surface area (TPSA) is 35.6 Å². The van der Waals surface area contributed by atoms with Crippen LogP contribution in [0.1, 0.15) is 46.5 Å². The maximum Gasteiger partial charge on any atom is 0.228 e. The van der Waals surface area contributed by atoms with Crippen LogP contribution in [0.5, 0.6) is 0 Å². The first-order valence-corrected chi connectivity index (χ1v) is 8.80. The first-order chi connectivity index (χ1) is 10.1. The molecule has 2 heterocycles. The van der Waals surface area contributed by atoms with E-state index in [0.29, 0.717) is 5.91 Å². The summed E-state index contributed by atoms with van der Waals surface area (Å²) in [7, 11) is 0. The zero-order valence-corrected chi connectivity index (χ0v) is 14.2. The molecule has 1 N–H and O–H groups in total. The molecule has 4 nitrogen and oxygen atoms in total. The zero-order valence-electron chi connectivity index (χ0n) is 14.2. The van der Waals surface area contributed by atoms with Gasteiger partial charge in [0.15, 0.2) is 0 Å². The molecule has 2 aliphatic heterocycles. The third-order valence-corrected chi connectivity index (χ3v) is 5.37. The fraction of sp³-hybridized carbons (Fsp3) is 0.941. The van der Waals surface area contributed by atoms with E-state index in [1.807, 2.05) is 0 Å². The molecule has 0 bridgehead atoms. The number of nitrogens with zero attached hydrogens (tertiary/aromatic N) is 2. The second-order valence-electron chi connectivity index (χ2n) is 7.20. The summed E-state index contributed by atoms with van der Waals surface area (Å²) in [4.78, 5) is 17.6. The van der Waals surface area contributed by atoms with Crippen molar-refractivity contribution in [2.75, 3.05) is 45.8 Å². The molecule has 2 rings (SSSR count). The van der Waals surface area contributed by atoms with Gasteiger partial charge < -0.3 is 10.2 Å². The Hall–Kier alpha value is -0.610. The molecule has 122 valence electrons. The van der Waals surface area contributed by atoms with Gasteiger partial charge in [0, 0.05) is 26.2 Å². The van der Waals surface area contributed by atoms with E-state index in [1.165, 1.54) is 13.0 Å². The molecule has 0 aromatic carbocycles. The summed E-state index contributed by atoms with van der Waals surface area (Å²) >= 11 is 0. The number of rotatable bonds is 5. The lowest BCUT2D eigenvalue weighted by Gasteiger charge is -2.42. The highest BCUT2D eigenvalue weighted by molar-refractivity contribution is 5.83. The highest BCUT2D eigenvalue weighted by atomic mass is 16.2. The summed E-state index contributed by atoms with van der Waals surface area (Å²) in [6.07, 6.45) is 4.27. The largest absolute Gasteiger partial charge is 0.340 e. The van der Waals surface area contributed by atoms with Crippen molar-refractivity contribution < 1.29 is 4.79 Å². The molecule has 0 aromatic rings. The molecule has 0 aliphatic carbocycles. The highest BCUT2D eigenvalue weighted by Crippen LogP contribution is 2.35. The van der Waals surface area contributed by atoms with Gasteiger partial charge >= 0.3 is 0 Å². The predicted octanol–water partition coefficient (Wildman–Crippen LogP) is 1.96. The molecular formula is C17H33N3O. The van der Waals surface area contributed by atoms with E-state index in [9.17, 15) is 4.79 Å². The number of carbonyl (C=O) groups is 1. The standard InChI is InChI=1S/C17H33N3O/c1-4-17(6-8-18-9-7-17)16(21)20-13-11-19(12-14-20)10-5-15(2)3/h15,18H,4-14H2,1-3H3. The second kappa shape index (κ2) is 7.59. The summed E-state index contributed by atoms with van der Waals surface area (Å²) in [6.45, 7) is 13.9. The van der Waals surface area contributed by atoms with Gasteiger partial charge in [-0.3, -0.25) is 9.69 Å². The summed E-state index contributed by atoms with van der Waals surface area (Å²) in [5.74, 6) is 1.19. The number of nitrogens with one attached hydrogen (secondary N) is 1. The Kier molecular flexibility index (Phi) is 6.06. The Labute approximate surface area is 130 Å². The van der Waals surface area contributed by atoms with E-state index < -0.39 is 0 Å². The second-order valence-corrected chi connectivity index (χ2v) is 7.20. The van der Waals surface area contributed by atoms with Gasteiger partial charge in [-0.2, -0.15) is 0 Å². The van der Waals surface area contributed by atoms with Crippen LogP contribution < -0.4 is 5.32 Å². The maximum absolute atomic E-state index is 13.0. The van der Waals surface area contributed by atoms with E-state index in [0.717, 1.165) is 64.4 Å². The normalized spacial score (nSPS) is 23.5. The van der Waals surface area contributed by atoms with E-state index in [4.69, 9.17) is 0 Å². The van der Waals surface area contributed by atoms with Crippen molar-refractivity contribution in [3.05, 3.63) is 0 Å². The molecule has 1 amide bonds. The fourth-order valence-corrected chi connectivity index (χ4v) is 3.57. The van der Waals surface area contributed by atoms with Crippen LogP contribution in [0, 0.1) is 11.3 Å². The van der Waals surface area contributed by atoms with Crippen LogP contribution in [0.15, 0.2) is 0 Å². The van der Waals surface area contributed by atoms with Crippen molar-refractivity contribution in [2.24, 2.45) is 11.3 Å². The van der Waals surface area contributed by atoms with E-state index in [-0.39, 0.29) is 5.41 Å².